The van der Waals surface area contributed by atoms with E-state index in [9.17, 15) is 9.59 Å². The van der Waals surface area contributed by atoms with Crippen LogP contribution in [0.15, 0.2) is 18.2 Å². The van der Waals surface area contributed by atoms with Crippen molar-refractivity contribution in [2.45, 2.75) is 13.3 Å². The number of ether oxygens (including phenoxy) is 2. The summed E-state index contributed by atoms with van der Waals surface area (Å²) in [5.41, 5.74) is 0.438. The third-order valence-corrected chi connectivity index (χ3v) is 3.59. The maximum atomic E-state index is 12.4. The number of aromatic carboxylic acids is 1. The Morgan fingerprint density at radius 3 is 2.68 bits per heavy atom. The number of carboxylic acids is 1. The van der Waals surface area contributed by atoms with Crippen molar-refractivity contribution in [3.8, 4) is 5.75 Å². The standard InChI is InChI=1S/C16H21NO5/c1-2-22-15-4-3-12(16(19)20)11-13(15)14(18)5-6-17-7-9-21-10-8-17/h3-4,11H,2,5-10H2,1H3,(H,19,20). The second-order valence-corrected chi connectivity index (χ2v) is 5.08. The van der Waals surface area contributed by atoms with Crippen molar-refractivity contribution in [1.29, 1.82) is 0 Å². The van der Waals surface area contributed by atoms with Crippen LogP contribution < -0.4 is 4.74 Å². The number of Topliss-reactive ketones (excluding diaryl/α,β-unsaturated/α-hetero) is 1. The summed E-state index contributed by atoms with van der Waals surface area (Å²) >= 11 is 0. The molecule has 1 saturated heterocycles. The first kappa shape index (κ1) is 16.5. The van der Waals surface area contributed by atoms with E-state index in [-0.39, 0.29) is 11.3 Å². The molecule has 2 rings (SSSR count). The van der Waals surface area contributed by atoms with Crippen LogP contribution in [-0.4, -0.2) is 61.2 Å². The van der Waals surface area contributed by atoms with Gasteiger partial charge < -0.3 is 14.6 Å². The van der Waals surface area contributed by atoms with Crippen molar-refractivity contribution in [2.75, 3.05) is 39.5 Å². The third kappa shape index (κ3) is 4.29. The monoisotopic (exact) mass is 307 g/mol. The Bertz CT molecular complexity index is 537. The van der Waals surface area contributed by atoms with Crippen LogP contribution in [-0.2, 0) is 4.74 Å². The van der Waals surface area contributed by atoms with Gasteiger partial charge in [0.2, 0.25) is 0 Å². The van der Waals surface area contributed by atoms with Crippen LogP contribution in [0.1, 0.15) is 34.1 Å². The number of rotatable bonds is 7. The van der Waals surface area contributed by atoms with Gasteiger partial charge in [0.05, 0.1) is 30.9 Å². The fraction of sp³-hybridized carbons (Fsp3) is 0.500. The molecule has 0 saturated carbocycles. The molecule has 0 radical (unpaired) electrons. The smallest absolute Gasteiger partial charge is 0.335 e. The van der Waals surface area contributed by atoms with Crippen molar-refractivity contribution in [1.82, 2.24) is 4.90 Å². The van der Waals surface area contributed by atoms with Gasteiger partial charge in [-0.3, -0.25) is 9.69 Å². The van der Waals surface area contributed by atoms with Gasteiger partial charge in [0, 0.05) is 26.1 Å². The summed E-state index contributed by atoms with van der Waals surface area (Å²) in [6.07, 6.45) is 0.336. The molecule has 1 aliphatic rings. The van der Waals surface area contributed by atoms with Gasteiger partial charge in [-0.05, 0) is 25.1 Å². The fourth-order valence-electron chi connectivity index (χ4n) is 2.38. The first-order valence-electron chi connectivity index (χ1n) is 7.45. The van der Waals surface area contributed by atoms with Crippen LogP contribution >= 0.6 is 0 Å². The molecule has 120 valence electrons. The largest absolute Gasteiger partial charge is 0.493 e. The molecule has 1 aromatic rings. The van der Waals surface area contributed by atoms with Gasteiger partial charge in [0.1, 0.15) is 5.75 Å². The molecule has 6 heteroatoms. The highest BCUT2D eigenvalue weighted by molar-refractivity contribution is 6.01. The number of nitrogens with zero attached hydrogens (tertiary/aromatic N) is 1. The minimum atomic E-state index is -1.05. The highest BCUT2D eigenvalue weighted by Crippen LogP contribution is 2.22. The van der Waals surface area contributed by atoms with E-state index in [0.717, 1.165) is 13.1 Å². The summed E-state index contributed by atoms with van der Waals surface area (Å²) in [7, 11) is 0. The average molecular weight is 307 g/mol. The summed E-state index contributed by atoms with van der Waals surface area (Å²) in [4.78, 5) is 25.7. The van der Waals surface area contributed by atoms with Crippen molar-refractivity contribution < 1.29 is 24.2 Å². The normalized spacial score (nSPS) is 15.5. The van der Waals surface area contributed by atoms with E-state index >= 15 is 0 Å². The molecule has 0 amide bonds. The molecular weight excluding hydrogens is 286 g/mol. The summed E-state index contributed by atoms with van der Waals surface area (Å²) in [6.45, 7) is 5.91. The lowest BCUT2D eigenvalue weighted by atomic mass is 10.0. The maximum Gasteiger partial charge on any atom is 0.335 e. The number of carbonyl (C=O) groups is 2. The average Bonchev–Trinajstić information content (AvgIpc) is 2.54. The number of carboxylic acid groups (broad SMARTS) is 1. The highest BCUT2D eigenvalue weighted by Gasteiger charge is 2.18. The van der Waals surface area contributed by atoms with E-state index < -0.39 is 5.97 Å². The number of morpholine rings is 1. The molecule has 0 bridgehead atoms. The van der Waals surface area contributed by atoms with Gasteiger partial charge in [0.15, 0.2) is 5.78 Å². The Morgan fingerprint density at radius 2 is 2.05 bits per heavy atom. The zero-order valence-electron chi connectivity index (χ0n) is 12.7. The zero-order valence-corrected chi connectivity index (χ0v) is 12.7. The molecule has 0 atom stereocenters. The van der Waals surface area contributed by atoms with Crippen molar-refractivity contribution in [2.24, 2.45) is 0 Å². The molecule has 0 unspecified atom stereocenters. The van der Waals surface area contributed by atoms with Gasteiger partial charge in [-0.2, -0.15) is 0 Å². The lowest BCUT2D eigenvalue weighted by molar-refractivity contribution is 0.0370. The van der Waals surface area contributed by atoms with E-state index in [0.29, 0.717) is 44.1 Å². The first-order valence-corrected chi connectivity index (χ1v) is 7.45. The highest BCUT2D eigenvalue weighted by atomic mass is 16.5. The molecule has 0 aromatic heterocycles. The second-order valence-electron chi connectivity index (χ2n) is 5.08. The topological polar surface area (TPSA) is 76.1 Å². The van der Waals surface area contributed by atoms with E-state index in [2.05, 4.69) is 4.90 Å². The fourth-order valence-corrected chi connectivity index (χ4v) is 2.38. The quantitative estimate of drug-likeness (QED) is 0.773. The van der Waals surface area contributed by atoms with Crippen LogP contribution in [0, 0.1) is 0 Å². The van der Waals surface area contributed by atoms with E-state index in [1.165, 1.54) is 12.1 Å². The lowest BCUT2D eigenvalue weighted by Crippen LogP contribution is -2.37. The summed E-state index contributed by atoms with van der Waals surface area (Å²) in [5, 5.41) is 9.07. The lowest BCUT2D eigenvalue weighted by Gasteiger charge is -2.26. The third-order valence-electron chi connectivity index (χ3n) is 3.59. The van der Waals surface area contributed by atoms with Crippen molar-refractivity contribution in [3.05, 3.63) is 29.3 Å². The van der Waals surface area contributed by atoms with Crippen LogP contribution in [0.4, 0.5) is 0 Å². The molecule has 0 aliphatic carbocycles. The Hall–Kier alpha value is -1.92. The Balaban J connectivity index is 2.08. The molecule has 1 N–H and O–H groups in total. The maximum absolute atomic E-state index is 12.4. The Morgan fingerprint density at radius 1 is 1.32 bits per heavy atom. The molecule has 1 aromatic carbocycles. The van der Waals surface area contributed by atoms with Crippen molar-refractivity contribution in [3.63, 3.8) is 0 Å². The summed E-state index contributed by atoms with van der Waals surface area (Å²) in [6, 6.07) is 4.40. The van der Waals surface area contributed by atoms with Crippen LogP contribution in [0.25, 0.3) is 0 Å². The molecular formula is C16H21NO5. The SMILES string of the molecule is CCOc1ccc(C(=O)O)cc1C(=O)CCN1CCOCC1. The number of benzene rings is 1. The molecule has 6 nitrogen and oxygen atoms in total. The van der Waals surface area contributed by atoms with Crippen LogP contribution in [0.3, 0.4) is 0 Å². The number of carbonyl (C=O) groups excluding carboxylic acids is 1. The molecule has 22 heavy (non-hydrogen) atoms. The second kappa shape index (κ2) is 7.91. The number of ketones is 1. The summed E-state index contributed by atoms with van der Waals surface area (Å²) in [5.74, 6) is -0.706. The Labute approximate surface area is 129 Å². The number of hydrogen-bond donors (Lipinski definition) is 1. The minimum Gasteiger partial charge on any atom is -0.493 e. The van der Waals surface area contributed by atoms with Gasteiger partial charge in [0.25, 0.3) is 0 Å². The van der Waals surface area contributed by atoms with Gasteiger partial charge in [-0.25, -0.2) is 4.79 Å². The van der Waals surface area contributed by atoms with E-state index in [1.54, 1.807) is 6.07 Å². The van der Waals surface area contributed by atoms with Gasteiger partial charge in [-0.1, -0.05) is 0 Å². The molecule has 0 spiro atoms. The van der Waals surface area contributed by atoms with Gasteiger partial charge >= 0.3 is 5.97 Å². The first-order chi connectivity index (χ1) is 10.6. The van der Waals surface area contributed by atoms with Gasteiger partial charge in [-0.15, -0.1) is 0 Å². The predicted octanol–water partition coefficient (Wildman–Crippen LogP) is 1.69. The number of hydrogen-bond acceptors (Lipinski definition) is 5. The predicted molar refractivity (Wildman–Crippen MR) is 80.8 cm³/mol. The van der Waals surface area contributed by atoms with Crippen LogP contribution in [0.5, 0.6) is 5.75 Å². The minimum absolute atomic E-state index is 0.0955. The molecule has 1 fully saturated rings. The van der Waals surface area contributed by atoms with E-state index in [4.69, 9.17) is 14.6 Å². The molecule has 1 heterocycles. The van der Waals surface area contributed by atoms with Crippen LogP contribution in [0.2, 0.25) is 0 Å². The van der Waals surface area contributed by atoms with Crippen molar-refractivity contribution >= 4 is 11.8 Å². The molecule has 1 aliphatic heterocycles. The van der Waals surface area contributed by atoms with E-state index in [1.807, 2.05) is 6.92 Å². The summed E-state index contributed by atoms with van der Waals surface area (Å²) < 4.78 is 10.7. The zero-order chi connectivity index (χ0) is 15.9. The Kier molecular flexibility index (Phi) is 5.91.